The Labute approximate surface area is 94.8 Å². The van der Waals surface area contributed by atoms with Crippen molar-refractivity contribution in [3.8, 4) is 0 Å². The zero-order valence-corrected chi connectivity index (χ0v) is 10.6. The van der Waals surface area contributed by atoms with Gasteiger partial charge in [0, 0.05) is 19.8 Å². The highest BCUT2D eigenvalue weighted by atomic mass is 16.5. The molecule has 1 saturated carbocycles. The molecule has 0 unspecified atom stereocenters. The summed E-state index contributed by atoms with van der Waals surface area (Å²) in [4.78, 5) is 0. The summed E-state index contributed by atoms with van der Waals surface area (Å²) in [5.74, 6) is 0.758. The van der Waals surface area contributed by atoms with Crippen LogP contribution in [0.2, 0.25) is 0 Å². The fraction of sp³-hybridized carbons (Fsp3) is 1.00. The molecule has 0 bridgehead atoms. The first kappa shape index (κ1) is 13.0. The molecule has 2 nitrogen and oxygen atoms in total. The summed E-state index contributed by atoms with van der Waals surface area (Å²) in [5.41, 5.74) is 0.573. The van der Waals surface area contributed by atoms with Crippen LogP contribution in [0.3, 0.4) is 0 Å². The van der Waals surface area contributed by atoms with Crippen molar-refractivity contribution in [2.75, 3.05) is 26.3 Å². The molecular weight excluding hydrogens is 186 g/mol. The minimum absolute atomic E-state index is 0.573. The van der Waals surface area contributed by atoms with Crippen molar-refractivity contribution in [1.29, 1.82) is 0 Å². The van der Waals surface area contributed by atoms with Gasteiger partial charge in [0.05, 0.1) is 0 Å². The van der Waals surface area contributed by atoms with Gasteiger partial charge >= 0.3 is 0 Å². The molecule has 0 amide bonds. The van der Waals surface area contributed by atoms with Crippen molar-refractivity contribution in [2.24, 2.45) is 11.3 Å². The van der Waals surface area contributed by atoms with Crippen LogP contribution in [0.5, 0.6) is 0 Å². The Bertz CT molecular complexity index is 164. The quantitative estimate of drug-likeness (QED) is 0.626. The molecule has 2 heteroatoms. The zero-order chi connectivity index (χ0) is 11.1. The molecule has 1 aliphatic carbocycles. The van der Waals surface area contributed by atoms with Crippen molar-refractivity contribution in [3.05, 3.63) is 0 Å². The van der Waals surface area contributed by atoms with Crippen molar-refractivity contribution in [1.82, 2.24) is 5.32 Å². The normalized spacial score (nSPS) is 19.2. The lowest BCUT2D eigenvalue weighted by Gasteiger charge is -2.42. The Morgan fingerprint density at radius 2 is 2.07 bits per heavy atom. The second-order valence-corrected chi connectivity index (χ2v) is 5.33. The van der Waals surface area contributed by atoms with Crippen LogP contribution in [-0.4, -0.2) is 26.3 Å². The summed E-state index contributed by atoms with van der Waals surface area (Å²) in [7, 11) is 0. The third-order valence-electron chi connectivity index (χ3n) is 3.45. The number of hydrogen-bond donors (Lipinski definition) is 1. The average molecular weight is 213 g/mol. The van der Waals surface area contributed by atoms with Crippen LogP contribution in [0.1, 0.15) is 46.5 Å². The van der Waals surface area contributed by atoms with Gasteiger partial charge in [-0.15, -0.1) is 0 Å². The van der Waals surface area contributed by atoms with Crippen molar-refractivity contribution in [2.45, 2.75) is 46.5 Å². The van der Waals surface area contributed by atoms with Crippen molar-refractivity contribution < 1.29 is 4.74 Å². The van der Waals surface area contributed by atoms with Crippen LogP contribution < -0.4 is 5.32 Å². The Kier molecular flexibility index (Phi) is 5.62. The maximum atomic E-state index is 5.46. The number of hydrogen-bond acceptors (Lipinski definition) is 2. The fourth-order valence-electron chi connectivity index (χ4n) is 2.25. The Morgan fingerprint density at radius 3 is 2.53 bits per heavy atom. The van der Waals surface area contributed by atoms with E-state index < -0.39 is 0 Å². The van der Waals surface area contributed by atoms with E-state index in [1.807, 2.05) is 0 Å². The first-order valence-corrected chi connectivity index (χ1v) is 6.47. The highest BCUT2D eigenvalue weighted by Gasteiger charge is 2.35. The number of rotatable bonds is 8. The highest BCUT2D eigenvalue weighted by Crippen LogP contribution is 2.43. The molecule has 0 saturated heterocycles. The summed E-state index contributed by atoms with van der Waals surface area (Å²) in [6.45, 7) is 10.7. The molecule has 90 valence electrons. The molecule has 1 N–H and O–H groups in total. The second kappa shape index (κ2) is 6.49. The van der Waals surface area contributed by atoms with Gasteiger partial charge in [0.1, 0.15) is 0 Å². The molecule has 0 aromatic rings. The first-order chi connectivity index (χ1) is 7.18. The summed E-state index contributed by atoms with van der Waals surface area (Å²) < 4.78 is 5.46. The first-order valence-electron chi connectivity index (χ1n) is 6.47. The SMILES string of the molecule is CCOCCC1(CNCC(C)C)CCC1. The van der Waals surface area contributed by atoms with Crippen LogP contribution in [-0.2, 0) is 4.74 Å². The lowest BCUT2D eigenvalue weighted by molar-refractivity contribution is 0.0536. The lowest BCUT2D eigenvalue weighted by Crippen LogP contribution is -2.41. The smallest absolute Gasteiger partial charge is 0.0471 e. The third kappa shape index (κ3) is 4.52. The van der Waals surface area contributed by atoms with E-state index in [2.05, 4.69) is 26.1 Å². The van der Waals surface area contributed by atoms with Gasteiger partial charge in [0.15, 0.2) is 0 Å². The standard InChI is InChI=1S/C13H27NO/c1-4-15-9-8-13(6-5-7-13)11-14-10-12(2)3/h12,14H,4-11H2,1-3H3. The molecular formula is C13H27NO. The van der Waals surface area contributed by atoms with Gasteiger partial charge in [-0.25, -0.2) is 0 Å². The molecule has 0 aromatic carbocycles. The zero-order valence-electron chi connectivity index (χ0n) is 10.6. The van der Waals surface area contributed by atoms with E-state index in [4.69, 9.17) is 4.74 Å². The molecule has 0 radical (unpaired) electrons. The van der Waals surface area contributed by atoms with Crippen LogP contribution in [0.15, 0.2) is 0 Å². The van der Waals surface area contributed by atoms with Crippen LogP contribution in [0, 0.1) is 11.3 Å². The number of nitrogens with one attached hydrogen (secondary N) is 1. The molecule has 1 aliphatic rings. The molecule has 0 atom stereocenters. The highest BCUT2D eigenvalue weighted by molar-refractivity contribution is 4.89. The van der Waals surface area contributed by atoms with Gasteiger partial charge in [-0.1, -0.05) is 20.3 Å². The minimum Gasteiger partial charge on any atom is -0.382 e. The Hall–Kier alpha value is -0.0800. The van der Waals surface area contributed by atoms with E-state index in [1.165, 1.54) is 32.2 Å². The predicted octanol–water partition coefficient (Wildman–Crippen LogP) is 2.83. The maximum Gasteiger partial charge on any atom is 0.0471 e. The lowest BCUT2D eigenvalue weighted by atomic mass is 9.66. The van der Waals surface area contributed by atoms with Crippen molar-refractivity contribution in [3.63, 3.8) is 0 Å². The molecule has 1 fully saturated rings. The average Bonchev–Trinajstić information content (AvgIpc) is 2.12. The molecule has 0 heterocycles. The van der Waals surface area contributed by atoms with Crippen LogP contribution >= 0.6 is 0 Å². The third-order valence-corrected chi connectivity index (χ3v) is 3.45. The van der Waals surface area contributed by atoms with Crippen LogP contribution in [0.25, 0.3) is 0 Å². The molecule has 1 rings (SSSR count). The van der Waals surface area contributed by atoms with Gasteiger partial charge < -0.3 is 10.1 Å². The van der Waals surface area contributed by atoms with Gasteiger partial charge in [-0.2, -0.15) is 0 Å². The van der Waals surface area contributed by atoms with Gasteiger partial charge in [0.25, 0.3) is 0 Å². The molecule has 0 aliphatic heterocycles. The summed E-state index contributed by atoms with van der Waals surface area (Å²) in [6, 6.07) is 0. The monoisotopic (exact) mass is 213 g/mol. The summed E-state index contributed by atoms with van der Waals surface area (Å²) >= 11 is 0. The minimum atomic E-state index is 0.573. The second-order valence-electron chi connectivity index (χ2n) is 5.33. The van der Waals surface area contributed by atoms with Gasteiger partial charge in [0.2, 0.25) is 0 Å². The Morgan fingerprint density at radius 1 is 1.33 bits per heavy atom. The van der Waals surface area contributed by atoms with Gasteiger partial charge in [-0.3, -0.25) is 0 Å². The van der Waals surface area contributed by atoms with Gasteiger partial charge in [-0.05, 0) is 44.1 Å². The Balaban J connectivity index is 2.15. The van der Waals surface area contributed by atoms with E-state index in [0.717, 1.165) is 25.7 Å². The fourth-order valence-corrected chi connectivity index (χ4v) is 2.25. The van der Waals surface area contributed by atoms with E-state index in [0.29, 0.717) is 5.41 Å². The molecule has 15 heavy (non-hydrogen) atoms. The van der Waals surface area contributed by atoms with E-state index >= 15 is 0 Å². The van der Waals surface area contributed by atoms with Crippen molar-refractivity contribution >= 4 is 0 Å². The molecule has 0 spiro atoms. The largest absolute Gasteiger partial charge is 0.382 e. The maximum absolute atomic E-state index is 5.46. The summed E-state index contributed by atoms with van der Waals surface area (Å²) in [5, 5.41) is 3.60. The predicted molar refractivity (Wildman–Crippen MR) is 65.1 cm³/mol. The topological polar surface area (TPSA) is 21.3 Å². The van der Waals surface area contributed by atoms with E-state index in [-0.39, 0.29) is 0 Å². The van der Waals surface area contributed by atoms with E-state index in [1.54, 1.807) is 0 Å². The number of ether oxygens (including phenoxy) is 1. The molecule has 0 aromatic heterocycles. The van der Waals surface area contributed by atoms with E-state index in [9.17, 15) is 0 Å². The summed E-state index contributed by atoms with van der Waals surface area (Å²) in [6.07, 6.45) is 5.44. The van der Waals surface area contributed by atoms with Crippen LogP contribution in [0.4, 0.5) is 0 Å².